The third kappa shape index (κ3) is 6.17. The first kappa shape index (κ1) is 20.1. The largest absolute Gasteiger partial charge is 0.492 e. The molecule has 0 atom stereocenters. The molecule has 3 aromatic rings. The Hall–Kier alpha value is -3.67. The van der Waals surface area contributed by atoms with Gasteiger partial charge in [0.25, 0.3) is 5.91 Å². The zero-order valence-electron chi connectivity index (χ0n) is 15.6. The van der Waals surface area contributed by atoms with E-state index < -0.39 is 5.82 Å². The molecule has 0 aliphatic rings. The standard InChI is InChI=1S/C23H20FNO4/c24-19-10-6-17(7-11-19)23(27)18-8-12-21(13-9-18)29-16-22(26)25-14-15-28-20-4-2-1-3-5-20/h1-13H,14-16H2,(H,25,26). The molecule has 0 aromatic heterocycles. The third-order valence-electron chi connectivity index (χ3n) is 4.03. The first-order valence-electron chi connectivity index (χ1n) is 9.09. The maximum absolute atomic E-state index is 13.0. The van der Waals surface area contributed by atoms with Crippen molar-refractivity contribution in [1.82, 2.24) is 5.32 Å². The summed E-state index contributed by atoms with van der Waals surface area (Å²) >= 11 is 0. The zero-order valence-corrected chi connectivity index (χ0v) is 15.6. The fourth-order valence-electron chi connectivity index (χ4n) is 2.55. The van der Waals surface area contributed by atoms with Crippen LogP contribution in [0.5, 0.6) is 11.5 Å². The second-order valence-corrected chi connectivity index (χ2v) is 6.16. The lowest BCUT2D eigenvalue weighted by molar-refractivity contribution is -0.123. The molecule has 5 nitrogen and oxygen atoms in total. The minimum atomic E-state index is -0.393. The van der Waals surface area contributed by atoms with Crippen LogP contribution in [0.25, 0.3) is 0 Å². The molecule has 0 spiro atoms. The summed E-state index contributed by atoms with van der Waals surface area (Å²) in [5, 5.41) is 2.71. The number of rotatable bonds is 9. The number of nitrogens with one attached hydrogen (secondary N) is 1. The second kappa shape index (κ2) is 10.0. The molecule has 0 fully saturated rings. The van der Waals surface area contributed by atoms with Crippen LogP contribution in [-0.4, -0.2) is 31.4 Å². The van der Waals surface area contributed by atoms with Gasteiger partial charge in [0.15, 0.2) is 12.4 Å². The molecule has 0 radical (unpaired) electrons. The maximum Gasteiger partial charge on any atom is 0.258 e. The molecule has 0 aliphatic heterocycles. The number of hydrogen-bond donors (Lipinski definition) is 1. The van der Waals surface area contributed by atoms with Crippen molar-refractivity contribution in [3.05, 3.63) is 95.8 Å². The van der Waals surface area contributed by atoms with Crippen LogP contribution >= 0.6 is 0 Å². The van der Waals surface area contributed by atoms with Crippen molar-refractivity contribution in [2.75, 3.05) is 19.8 Å². The van der Waals surface area contributed by atoms with E-state index in [1.807, 2.05) is 30.3 Å². The fraction of sp³-hybridized carbons (Fsp3) is 0.130. The number of ether oxygens (including phenoxy) is 2. The van der Waals surface area contributed by atoms with Crippen molar-refractivity contribution in [2.24, 2.45) is 0 Å². The summed E-state index contributed by atoms with van der Waals surface area (Å²) in [5.74, 6) is 0.334. The number of hydrogen-bond acceptors (Lipinski definition) is 4. The Bertz CT molecular complexity index is 941. The molecule has 0 heterocycles. The number of carbonyl (C=O) groups is 2. The van der Waals surface area contributed by atoms with Crippen molar-refractivity contribution in [3.8, 4) is 11.5 Å². The van der Waals surface area contributed by atoms with E-state index in [-0.39, 0.29) is 18.3 Å². The Balaban J connectivity index is 1.40. The molecule has 0 saturated heterocycles. The maximum atomic E-state index is 13.0. The Labute approximate surface area is 168 Å². The van der Waals surface area contributed by atoms with Crippen LogP contribution in [-0.2, 0) is 4.79 Å². The molecule has 6 heteroatoms. The van der Waals surface area contributed by atoms with Gasteiger partial charge in [-0.25, -0.2) is 4.39 Å². The molecule has 29 heavy (non-hydrogen) atoms. The molecule has 0 aliphatic carbocycles. The number of para-hydroxylation sites is 1. The number of ketones is 1. The number of amides is 1. The zero-order chi connectivity index (χ0) is 20.5. The molecular formula is C23H20FNO4. The Morgan fingerprint density at radius 2 is 1.34 bits per heavy atom. The van der Waals surface area contributed by atoms with Gasteiger partial charge in [0, 0.05) is 11.1 Å². The predicted molar refractivity (Wildman–Crippen MR) is 107 cm³/mol. The van der Waals surface area contributed by atoms with Crippen molar-refractivity contribution in [2.45, 2.75) is 0 Å². The van der Waals surface area contributed by atoms with Gasteiger partial charge in [-0.1, -0.05) is 18.2 Å². The highest BCUT2D eigenvalue weighted by molar-refractivity contribution is 6.09. The highest BCUT2D eigenvalue weighted by atomic mass is 19.1. The molecule has 0 bridgehead atoms. The highest BCUT2D eigenvalue weighted by Gasteiger charge is 2.10. The van der Waals surface area contributed by atoms with Crippen LogP contribution in [0.2, 0.25) is 0 Å². The number of benzene rings is 3. The number of carbonyl (C=O) groups excluding carboxylic acids is 2. The van der Waals surface area contributed by atoms with Gasteiger partial charge in [-0.3, -0.25) is 9.59 Å². The van der Waals surface area contributed by atoms with Crippen molar-refractivity contribution in [1.29, 1.82) is 0 Å². The summed E-state index contributed by atoms with van der Waals surface area (Å²) in [7, 11) is 0. The minimum absolute atomic E-state index is 0.142. The van der Waals surface area contributed by atoms with E-state index in [1.165, 1.54) is 24.3 Å². The van der Waals surface area contributed by atoms with E-state index in [9.17, 15) is 14.0 Å². The first-order valence-corrected chi connectivity index (χ1v) is 9.09. The van der Waals surface area contributed by atoms with Crippen LogP contribution < -0.4 is 14.8 Å². The van der Waals surface area contributed by atoms with Gasteiger partial charge in [0.2, 0.25) is 0 Å². The molecule has 3 aromatic carbocycles. The molecule has 3 rings (SSSR count). The van der Waals surface area contributed by atoms with E-state index in [0.717, 1.165) is 5.75 Å². The average molecular weight is 393 g/mol. The summed E-state index contributed by atoms with van der Waals surface area (Å²) in [6.45, 7) is 0.578. The average Bonchev–Trinajstić information content (AvgIpc) is 2.76. The van der Waals surface area contributed by atoms with Gasteiger partial charge < -0.3 is 14.8 Å². The summed E-state index contributed by atoms with van der Waals surface area (Å²) in [6.07, 6.45) is 0. The first-order chi connectivity index (χ1) is 14.1. The van der Waals surface area contributed by atoms with Crippen LogP contribution in [0, 0.1) is 5.82 Å². The summed E-state index contributed by atoms with van der Waals surface area (Å²) in [6, 6.07) is 21.1. The minimum Gasteiger partial charge on any atom is -0.492 e. The van der Waals surface area contributed by atoms with E-state index in [2.05, 4.69) is 5.32 Å². The van der Waals surface area contributed by atoms with Gasteiger partial charge in [0.1, 0.15) is 23.9 Å². The second-order valence-electron chi connectivity index (χ2n) is 6.16. The SMILES string of the molecule is O=C(COc1ccc(C(=O)c2ccc(F)cc2)cc1)NCCOc1ccccc1. The van der Waals surface area contributed by atoms with Crippen LogP contribution in [0.3, 0.4) is 0 Å². The normalized spacial score (nSPS) is 10.2. The van der Waals surface area contributed by atoms with E-state index in [4.69, 9.17) is 9.47 Å². The fourth-order valence-corrected chi connectivity index (χ4v) is 2.55. The Morgan fingerprint density at radius 3 is 2.00 bits per heavy atom. The number of halogens is 1. The smallest absolute Gasteiger partial charge is 0.258 e. The third-order valence-corrected chi connectivity index (χ3v) is 4.03. The monoisotopic (exact) mass is 393 g/mol. The van der Waals surface area contributed by atoms with Gasteiger partial charge in [-0.2, -0.15) is 0 Å². The van der Waals surface area contributed by atoms with Crippen molar-refractivity contribution in [3.63, 3.8) is 0 Å². The van der Waals surface area contributed by atoms with Crippen LogP contribution in [0.4, 0.5) is 4.39 Å². The van der Waals surface area contributed by atoms with Crippen molar-refractivity contribution < 1.29 is 23.5 Å². The lowest BCUT2D eigenvalue weighted by Crippen LogP contribution is -2.32. The molecule has 0 unspecified atom stereocenters. The summed E-state index contributed by atoms with van der Waals surface area (Å²) in [4.78, 5) is 24.2. The summed E-state index contributed by atoms with van der Waals surface area (Å²) < 4.78 is 23.9. The molecular weight excluding hydrogens is 373 g/mol. The summed E-state index contributed by atoms with van der Waals surface area (Å²) in [5.41, 5.74) is 0.851. The van der Waals surface area contributed by atoms with Gasteiger partial charge in [-0.15, -0.1) is 0 Å². The van der Waals surface area contributed by atoms with E-state index in [1.54, 1.807) is 24.3 Å². The quantitative estimate of drug-likeness (QED) is 0.445. The molecule has 148 valence electrons. The topological polar surface area (TPSA) is 64.6 Å². The van der Waals surface area contributed by atoms with E-state index in [0.29, 0.717) is 30.0 Å². The van der Waals surface area contributed by atoms with Crippen LogP contribution in [0.15, 0.2) is 78.9 Å². The molecule has 1 amide bonds. The van der Waals surface area contributed by atoms with Gasteiger partial charge >= 0.3 is 0 Å². The lowest BCUT2D eigenvalue weighted by atomic mass is 10.0. The molecule has 0 saturated carbocycles. The molecule has 1 N–H and O–H groups in total. The Kier molecular flexibility index (Phi) is 6.95. The Morgan fingerprint density at radius 1 is 0.759 bits per heavy atom. The van der Waals surface area contributed by atoms with E-state index >= 15 is 0 Å². The lowest BCUT2D eigenvalue weighted by Gasteiger charge is -2.09. The van der Waals surface area contributed by atoms with Crippen molar-refractivity contribution >= 4 is 11.7 Å². The van der Waals surface area contributed by atoms with Crippen LogP contribution in [0.1, 0.15) is 15.9 Å². The highest BCUT2D eigenvalue weighted by Crippen LogP contribution is 2.16. The van der Waals surface area contributed by atoms with Gasteiger partial charge in [0.05, 0.1) is 6.54 Å². The predicted octanol–water partition coefficient (Wildman–Crippen LogP) is 3.63. The van der Waals surface area contributed by atoms with Gasteiger partial charge in [-0.05, 0) is 60.7 Å².